The molecule has 0 amide bonds. The van der Waals surface area contributed by atoms with Gasteiger partial charge < -0.3 is 0 Å². The predicted molar refractivity (Wildman–Crippen MR) is 76.3 cm³/mol. The lowest BCUT2D eigenvalue weighted by Crippen LogP contribution is -2.11. The molecule has 8 heteroatoms. The Bertz CT molecular complexity index is 643. The van der Waals surface area contributed by atoms with Crippen molar-refractivity contribution in [1.29, 1.82) is 0 Å². The van der Waals surface area contributed by atoms with Crippen LogP contribution in [0.5, 0.6) is 0 Å². The van der Waals surface area contributed by atoms with Crippen LogP contribution in [0.2, 0.25) is 0 Å². The average molecular weight is 290 g/mol. The van der Waals surface area contributed by atoms with Gasteiger partial charge in [0, 0.05) is 11.8 Å². The highest BCUT2D eigenvalue weighted by molar-refractivity contribution is 5.90. The number of hydrogen-bond donors (Lipinski definition) is 1. The van der Waals surface area contributed by atoms with E-state index < -0.39 is 9.85 Å². The molecule has 1 aromatic carbocycles. The van der Waals surface area contributed by atoms with Crippen molar-refractivity contribution in [3.05, 3.63) is 38.4 Å². The molecule has 0 saturated heterocycles. The van der Waals surface area contributed by atoms with E-state index in [0.717, 1.165) is 31.0 Å². The Morgan fingerprint density at radius 3 is 2.57 bits per heavy atom. The topological polar surface area (TPSA) is 111 Å². The van der Waals surface area contributed by atoms with Crippen LogP contribution in [0.25, 0.3) is 0 Å². The number of nitro groups is 2. The zero-order valence-corrected chi connectivity index (χ0v) is 11.2. The molecule has 0 aliphatic heterocycles. The molecule has 2 fully saturated rings. The number of anilines is 1. The summed E-state index contributed by atoms with van der Waals surface area (Å²) in [5.74, 6) is 1.18. The Labute approximate surface area is 120 Å². The quantitative estimate of drug-likeness (QED) is 0.676. The second-order valence-electron chi connectivity index (χ2n) is 5.51. The molecule has 0 radical (unpaired) electrons. The molecule has 8 nitrogen and oxygen atoms in total. The van der Waals surface area contributed by atoms with Gasteiger partial charge in [0.15, 0.2) is 0 Å². The van der Waals surface area contributed by atoms with Crippen LogP contribution in [0.3, 0.4) is 0 Å². The Kier molecular flexibility index (Phi) is 3.28. The molecule has 2 saturated carbocycles. The van der Waals surface area contributed by atoms with Gasteiger partial charge in [0.05, 0.1) is 15.9 Å². The highest BCUT2D eigenvalue weighted by Crippen LogP contribution is 2.42. The van der Waals surface area contributed by atoms with Gasteiger partial charge in [0.25, 0.3) is 5.69 Å². The summed E-state index contributed by atoms with van der Waals surface area (Å²) in [7, 11) is 0. The first-order valence-electron chi connectivity index (χ1n) is 6.80. The Balaban J connectivity index is 1.83. The third-order valence-corrected chi connectivity index (χ3v) is 4.22. The zero-order chi connectivity index (χ0) is 15.0. The summed E-state index contributed by atoms with van der Waals surface area (Å²) in [4.78, 5) is 20.4. The average Bonchev–Trinajstić information content (AvgIpc) is 3.07. The van der Waals surface area contributed by atoms with Crippen LogP contribution < -0.4 is 5.43 Å². The number of nitrogens with zero attached hydrogens (tertiary/aromatic N) is 3. The number of hydrazone groups is 1. The molecule has 0 spiro atoms. The molecule has 2 aliphatic carbocycles. The van der Waals surface area contributed by atoms with Gasteiger partial charge >= 0.3 is 5.69 Å². The molecular weight excluding hydrogens is 276 g/mol. The second kappa shape index (κ2) is 5.12. The van der Waals surface area contributed by atoms with Gasteiger partial charge in [-0.2, -0.15) is 5.10 Å². The number of hydrogen-bond acceptors (Lipinski definition) is 6. The molecule has 21 heavy (non-hydrogen) atoms. The molecule has 0 heterocycles. The van der Waals surface area contributed by atoms with Gasteiger partial charge in [-0.25, -0.2) is 0 Å². The minimum atomic E-state index is -0.654. The van der Waals surface area contributed by atoms with Crippen molar-refractivity contribution in [2.24, 2.45) is 16.9 Å². The van der Waals surface area contributed by atoms with E-state index in [-0.39, 0.29) is 17.1 Å². The maximum absolute atomic E-state index is 11.0. The van der Waals surface area contributed by atoms with Crippen molar-refractivity contribution in [2.75, 3.05) is 5.43 Å². The summed E-state index contributed by atoms with van der Waals surface area (Å²) in [5, 5.41) is 26.0. The first-order valence-corrected chi connectivity index (χ1v) is 6.80. The fourth-order valence-electron chi connectivity index (χ4n) is 3.17. The van der Waals surface area contributed by atoms with E-state index in [2.05, 4.69) is 10.5 Å². The van der Waals surface area contributed by atoms with Gasteiger partial charge in [0.2, 0.25) is 0 Å². The maximum Gasteiger partial charge on any atom is 0.301 e. The van der Waals surface area contributed by atoms with Crippen LogP contribution in [0.1, 0.15) is 25.7 Å². The lowest BCUT2D eigenvalue weighted by atomic mass is 9.99. The van der Waals surface area contributed by atoms with E-state index in [1.807, 2.05) is 0 Å². The number of benzene rings is 1. The molecule has 1 aromatic rings. The smallest absolute Gasteiger partial charge is 0.272 e. The van der Waals surface area contributed by atoms with Crippen LogP contribution in [0, 0.1) is 32.1 Å². The summed E-state index contributed by atoms with van der Waals surface area (Å²) >= 11 is 0. The van der Waals surface area contributed by atoms with Crippen molar-refractivity contribution < 1.29 is 9.85 Å². The van der Waals surface area contributed by atoms with Crippen molar-refractivity contribution in [1.82, 2.24) is 0 Å². The van der Waals surface area contributed by atoms with E-state index >= 15 is 0 Å². The third kappa shape index (κ3) is 2.56. The van der Waals surface area contributed by atoms with E-state index in [1.165, 1.54) is 18.6 Å². The Morgan fingerprint density at radius 1 is 1.19 bits per heavy atom. The van der Waals surface area contributed by atoms with E-state index in [0.29, 0.717) is 11.8 Å². The first kappa shape index (κ1) is 13.5. The van der Waals surface area contributed by atoms with E-state index in [4.69, 9.17) is 0 Å². The zero-order valence-electron chi connectivity index (χ0n) is 11.2. The van der Waals surface area contributed by atoms with Gasteiger partial charge in [-0.05, 0) is 43.6 Å². The fourth-order valence-corrected chi connectivity index (χ4v) is 3.17. The molecule has 110 valence electrons. The van der Waals surface area contributed by atoms with Crippen LogP contribution >= 0.6 is 0 Å². The van der Waals surface area contributed by atoms with Gasteiger partial charge in [0.1, 0.15) is 5.69 Å². The number of rotatable bonds is 4. The monoisotopic (exact) mass is 290 g/mol. The van der Waals surface area contributed by atoms with Crippen molar-refractivity contribution >= 4 is 22.8 Å². The lowest BCUT2D eigenvalue weighted by Gasteiger charge is -2.12. The number of non-ortho nitro benzene ring substituents is 1. The summed E-state index contributed by atoms with van der Waals surface area (Å²) < 4.78 is 0. The summed E-state index contributed by atoms with van der Waals surface area (Å²) in [5.41, 5.74) is 3.31. The highest BCUT2D eigenvalue weighted by atomic mass is 16.6. The first-order chi connectivity index (χ1) is 10.0. The molecule has 0 unspecified atom stereocenters. The molecule has 1 N–H and O–H groups in total. The normalized spacial score (nSPS) is 25.2. The second-order valence-corrected chi connectivity index (χ2v) is 5.51. The molecule has 3 rings (SSSR count). The van der Waals surface area contributed by atoms with E-state index in [1.54, 1.807) is 0 Å². The Hall–Kier alpha value is -2.51. The largest absolute Gasteiger partial charge is 0.301 e. The molecule has 0 aromatic heterocycles. The third-order valence-electron chi connectivity index (χ3n) is 4.22. The molecular formula is C13H14N4O4. The molecule has 2 atom stereocenters. The molecule has 2 aliphatic rings. The maximum atomic E-state index is 11.0. The van der Waals surface area contributed by atoms with Crippen LogP contribution in [0.15, 0.2) is 23.3 Å². The molecule has 2 bridgehead atoms. The number of nitrogens with one attached hydrogen (secondary N) is 1. The van der Waals surface area contributed by atoms with Gasteiger partial charge in [-0.15, -0.1) is 0 Å². The summed E-state index contributed by atoms with van der Waals surface area (Å²) in [6.07, 6.45) is 4.47. The summed E-state index contributed by atoms with van der Waals surface area (Å²) in [6.45, 7) is 0. The minimum Gasteiger partial charge on any atom is -0.272 e. The van der Waals surface area contributed by atoms with Crippen LogP contribution in [-0.2, 0) is 0 Å². The predicted octanol–water partition coefficient (Wildman–Crippen LogP) is 3.09. The van der Waals surface area contributed by atoms with Crippen LogP contribution in [-0.4, -0.2) is 15.6 Å². The SMILES string of the molecule is O=[N+]([O-])c1ccc(N/N=C2\C[C@@H]3CC[C@@H]2C3)c([N+](=O)[O-])c1. The minimum absolute atomic E-state index is 0.181. The van der Waals surface area contributed by atoms with Crippen molar-refractivity contribution in [3.63, 3.8) is 0 Å². The van der Waals surface area contributed by atoms with Crippen molar-refractivity contribution in [2.45, 2.75) is 25.7 Å². The Morgan fingerprint density at radius 2 is 2.00 bits per heavy atom. The highest BCUT2D eigenvalue weighted by Gasteiger charge is 2.36. The van der Waals surface area contributed by atoms with Crippen molar-refractivity contribution in [3.8, 4) is 0 Å². The summed E-state index contributed by atoms with van der Waals surface area (Å²) in [6, 6.07) is 3.51. The van der Waals surface area contributed by atoms with Gasteiger partial charge in [-0.1, -0.05) is 0 Å². The number of nitro benzene ring substituents is 2. The fraction of sp³-hybridized carbons (Fsp3) is 0.462. The van der Waals surface area contributed by atoms with E-state index in [9.17, 15) is 20.2 Å². The number of fused-ring (bicyclic) bond motifs is 2. The lowest BCUT2D eigenvalue weighted by molar-refractivity contribution is -0.393. The van der Waals surface area contributed by atoms with Gasteiger partial charge in [-0.3, -0.25) is 25.7 Å². The van der Waals surface area contributed by atoms with Crippen LogP contribution in [0.4, 0.5) is 17.1 Å². The standard InChI is InChI=1S/C13H14N4O4/c18-16(19)10-3-4-11(13(7-10)17(20)21)14-15-12-6-8-1-2-9(12)5-8/h3-4,7-9,14H,1-2,5-6H2/b15-12+/t8-,9-/m1/s1.